The SMILES string of the molecule is CNC(=O)Cc1csc(NC(=O)C2(c3cc(-c4cccs4)on3)CC2)n1. The van der Waals surface area contributed by atoms with Crippen LogP contribution in [0, 0.1) is 0 Å². The van der Waals surface area contributed by atoms with Gasteiger partial charge in [-0.05, 0) is 24.3 Å². The predicted molar refractivity (Wildman–Crippen MR) is 99.2 cm³/mol. The maximum atomic E-state index is 12.8. The van der Waals surface area contributed by atoms with Gasteiger partial charge in [0, 0.05) is 18.5 Å². The molecule has 134 valence electrons. The van der Waals surface area contributed by atoms with Crippen LogP contribution in [0.4, 0.5) is 5.13 Å². The maximum Gasteiger partial charge on any atom is 0.238 e. The van der Waals surface area contributed by atoms with E-state index >= 15 is 0 Å². The number of amides is 2. The average Bonchev–Trinajstić information content (AvgIpc) is 3.06. The van der Waals surface area contributed by atoms with E-state index in [1.165, 1.54) is 11.3 Å². The van der Waals surface area contributed by atoms with Gasteiger partial charge in [0.1, 0.15) is 0 Å². The summed E-state index contributed by atoms with van der Waals surface area (Å²) in [4.78, 5) is 29.5. The summed E-state index contributed by atoms with van der Waals surface area (Å²) in [6.07, 6.45) is 1.65. The third kappa shape index (κ3) is 3.15. The van der Waals surface area contributed by atoms with Crippen molar-refractivity contribution in [2.75, 3.05) is 12.4 Å². The molecular formula is C17H16N4O3S2. The van der Waals surface area contributed by atoms with Crippen LogP contribution in [0.15, 0.2) is 33.5 Å². The molecule has 0 aromatic carbocycles. The fraction of sp³-hybridized carbons (Fsp3) is 0.294. The summed E-state index contributed by atoms with van der Waals surface area (Å²) < 4.78 is 5.42. The van der Waals surface area contributed by atoms with E-state index < -0.39 is 5.41 Å². The first-order chi connectivity index (χ1) is 12.6. The number of hydrogen-bond donors (Lipinski definition) is 2. The van der Waals surface area contributed by atoms with Crippen molar-refractivity contribution in [2.24, 2.45) is 0 Å². The number of anilines is 1. The van der Waals surface area contributed by atoms with Gasteiger partial charge in [0.25, 0.3) is 0 Å². The molecule has 1 aliphatic rings. The number of aromatic nitrogens is 2. The number of nitrogens with zero attached hydrogens (tertiary/aromatic N) is 2. The van der Waals surface area contributed by atoms with E-state index in [-0.39, 0.29) is 18.2 Å². The van der Waals surface area contributed by atoms with Crippen LogP contribution in [-0.4, -0.2) is 29.0 Å². The molecule has 3 aromatic heterocycles. The van der Waals surface area contributed by atoms with Gasteiger partial charge in [-0.15, -0.1) is 22.7 Å². The lowest BCUT2D eigenvalue weighted by molar-refractivity contribution is -0.120. The lowest BCUT2D eigenvalue weighted by Gasteiger charge is -2.10. The molecule has 2 N–H and O–H groups in total. The third-order valence-corrected chi connectivity index (χ3v) is 6.03. The van der Waals surface area contributed by atoms with Gasteiger partial charge >= 0.3 is 0 Å². The number of thiazole rings is 1. The second-order valence-electron chi connectivity index (χ2n) is 6.08. The van der Waals surface area contributed by atoms with Crippen LogP contribution in [0.3, 0.4) is 0 Å². The minimum atomic E-state index is -0.647. The van der Waals surface area contributed by atoms with Crippen molar-refractivity contribution in [1.29, 1.82) is 0 Å². The van der Waals surface area contributed by atoms with Gasteiger partial charge < -0.3 is 15.2 Å². The highest BCUT2D eigenvalue weighted by Crippen LogP contribution is 2.49. The van der Waals surface area contributed by atoms with Crippen LogP contribution in [-0.2, 0) is 21.4 Å². The Morgan fingerprint density at radius 3 is 2.88 bits per heavy atom. The molecule has 0 radical (unpaired) electrons. The molecule has 7 nitrogen and oxygen atoms in total. The lowest BCUT2D eigenvalue weighted by atomic mass is 10.0. The van der Waals surface area contributed by atoms with E-state index in [0.717, 1.165) is 17.7 Å². The van der Waals surface area contributed by atoms with Crippen molar-refractivity contribution in [3.63, 3.8) is 0 Å². The Labute approximate surface area is 157 Å². The molecule has 1 aliphatic carbocycles. The van der Waals surface area contributed by atoms with E-state index in [2.05, 4.69) is 20.8 Å². The van der Waals surface area contributed by atoms with Gasteiger partial charge in [-0.2, -0.15) is 0 Å². The Hall–Kier alpha value is -2.52. The lowest BCUT2D eigenvalue weighted by Crippen LogP contribution is -2.28. The van der Waals surface area contributed by atoms with Crippen molar-refractivity contribution in [1.82, 2.24) is 15.5 Å². The quantitative estimate of drug-likeness (QED) is 0.677. The highest BCUT2D eigenvalue weighted by atomic mass is 32.1. The van der Waals surface area contributed by atoms with E-state index in [1.807, 2.05) is 23.6 Å². The number of carbonyl (C=O) groups is 2. The fourth-order valence-electron chi connectivity index (χ4n) is 2.68. The minimum absolute atomic E-state index is 0.115. The van der Waals surface area contributed by atoms with Gasteiger partial charge in [0.2, 0.25) is 11.8 Å². The summed E-state index contributed by atoms with van der Waals surface area (Å²) in [7, 11) is 1.58. The number of nitrogens with one attached hydrogen (secondary N) is 2. The summed E-state index contributed by atoms with van der Waals surface area (Å²) in [5, 5.41) is 13.8. The van der Waals surface area contributed by atoms with Gasteiger partial charge in [0.15, 0.2) is 10.9 Å². The van der Waals surface area contributed by atoms with Crippen LogP contribution in [0.25, 0.3) is 10.6 Å². The topological polar surface area (TPSA) is 97.1 Å². The van der Waals surface area contributed by atoms with Crippen molar-refractivity contribution >= 4 is 39.6 Å². The van der Waals surface area contributed by atoms with Crippen molar-refractivity contribution in [2.45, 2.75) is 24.7 Å². The number of likely N-dealkylation sites (N-methyl/N-ethyl adjacent to an activating group) is 1. The first-order valence-electron chi connectivity index (χ1n) is 8.08. The summed E-state index contributed by atoms with van der Waals surface area (Å²) in [5.41, 5.74) is 0.641. The summed E-state index contributed by atoms with van der Waals surface area (Å²) in [6.45, 7) is 0. The Balaban J connectivity index is 1.47. The molecule has 0 aliphatic heterocycles. The molecule has 0 unspecified atom stereocenters. The monoisotopic (exact) mass is 388 g/mol. The molecule has 0 bridgehead atoms. The average molecular weight is 388 g/mol. The summed E-state index contributed by atoms with van der Waals surface area (Å²) in [6, 6.07) is 5.75. The third-order valence-electron chi connectivity index (χ3n) is 4.34. The van der Waals surface area contributed by atoms with Crippen molar-refractivity contribution in [3.05, 3.63) is 40.3 Å². The zero-order chi connectivity index (χ0) is 18.1. The van der Waals surface area contributed by atoms with Crippen LogP contribution >= 0.6 is 22.7 Å². The Kier molecular flexibility index (Phi) is 4.33. The molecule has 9 heteroatoms. The largest absolute Gasteiger partial charge is 0.359 e. The molecule has 1 saturated carbocycles. The molecule has 26 heavy (non-hydrogen) atoms. The summed E-state index contributed by atoms with van der Waals surface area (Å²) >= 11 is 2.87. The number of thiophene rings is 1. The second-order valence-corrected chi connectivity index (χ2v) is 7.89. The van der Waals surface area contributed by atoms with Crippen LogP contribution < -0.4 is 10.6 Å². The van der Waals surface area contributed by atoms with Crippen LogP contribution in [0.1, 0.15) is 24.2 Å². The molecule has 3 aromatic rings. The number of hydrogen-bond acceptors (Lipinski definition) is 7. The molecule has 1 fully saturated rings. The van der Waals surface area contributed by atoms with Gasteiger partial charge in [-0.1, -0.05) is 11.2 Å². The Bertz CT molecular complexity index is 941. The van der Waals surface area contributed by atoms with E-state index in [9.17, 15) is 9.59 Å². The number of carbonyl (C=O) groups excluding carboxylic acids is 2. The summed E-state index contributed by atoms with van der Waals surface area (Å²) in [5.74, 6) is 0.427. The van der Waals surface area contributed by atoms with Crippen molar-refractivity contribution < 1.29 is 14.1 Å². The van der Waals surface area contributed by atoms with Crippen LogP contribution in [0.5, 0.6) is 0 Å². The molecular weight excluding hydrogens is 372 g/mol. The van der Waals surface area contributed by atoms with Gasteiger partial charge in [-0.25, -0.2) is 4.98 Å². The van der Waals surface area contributed by atoms with E-state index in [0.29, 0.717) is 22.3 Å². The zero-order valence-corrected chi connectivity index (χ0v) is 15.6. The molecule has 0 spiro atoms. The molecule has 0 saturated heterocycles. The zero-order valence-electron chi connectivity index (χ0n) is 13.9. The first-order valence-corrected chi connectivity index (χ1v) is 9.84. The Morgan fingerprint density at radius 1 is 1.35 bits per heavy atom. The highest BCUT2D eigenvalue weighted by Gasteiger charge is 2.54. The molecule has 0 atom stereocenters. The second kappa shape index (κ2) is 6.65. The van der Waals surface area contributed by atoms with Crippen LogP contribution in [0.2, 0.25) is 0 Å². The first kappa shape index (κ1) is 16.9. The predicted octanol–water partition coefficient (Wildman–Crippen LogP) is 2.82. The maximum absolute atomic E-state index is 12.8. The molecule has 4 rings (SSSR count). The standard InChI is InChI=1S/C17H16N4O3S2/c1-18-14(22)7-10-9-26-16(19-10)20-15(23)17(4-5-17)13-8-11(24-21-13)12-3-2-6-25-12/h2-3,6,8-9H,4-5,7H2,1H3,(H,18,22)(H,19,20,23). The fourth-order valence-corrected chi connectivity index (χ4v) is 4.05. The highest BCUT2D eigenvalue weighted by molar-refractivity contribution is 7.14. The number of rotatable bonds is 6. The minimum Gasteiger partial charge on any atom is -0.359 e. The van der Waals surface area contributed by atoms with Gasteiger partial charge in [-0.3, -0.25) is 9.59 Å². The smallest absolute Gasteiger partial charge is 0.238 e. The van der Waals surface area contributed by atoms with Gasteiger partial charge in [0.05, 0.1) is 28.1 Å². The van der Waals surface area contributed by atoms with E-state index in [4.69, 9.17) is 4.52 Å². The van der Waals surface area contributed by atoms with E-state index in [1.54, 1.807) is 23.8 Å². The molecule has 2 amide bonds. The normalized spacial score (nSPS) is 14.8. The molecule has 3 heterocycles. The van der Waals surface area contributed by atoms with Crippen molar-refractivity contribution in [3.8, 4) is 10.6 Å². The Morgan fingerprint density at radius 2 is 2.19 bits per heavy atom.